The fraction of sp³-hybridized carbons (Fsp3) is 0.167. The molecule has 1 aromatic heterocycles. The first kappa shape index (κ1) is 13.7. The first-order chi connectivity index (χ1) is 4.33. The van der Waals surface area contributed by atoms with Crippen molar-refractivity contribution in [3.8, 4) is 0 Å². The molecule has 2 N–H and O–H groups in total. The molecule has 1 rings (SSSR count). The van der Waals surface area contributed by atoms with E-state index in [1.54, 1.807) is 6.20 Å². The van der Waals surface area contributed by atoms with Crippen molar-refractivity contribution in [1.29, 1.82) is 0 Å². The number of hydrogen-bond acceptors (Lipinski definition) is 2. The summed E-state index contributed by atoms with van der Waals surface area (Å²) in [5.74, 6) is 0. The van der Waals surface area contributed by atoms with E-state index in [1.807, 2.05) is 12.1 Å². The van der Waals surface area contributed by atoms with Gasteiger partial charge in [0.25, 0.3) is 0 Å². The van der Waals surface area contributed by atoms with Crippen molar-refractivity contribution >= 4 is 40.7 Å². The van der Waals surface area contributed by atoms with Crippen LogP contribution in [0.25, 0.3) is 0 Å². The molecule has 1 aromatic rings. The molecule has 0 radical (unpaired) electrons. The van der Waals surface area contributed by atoms with Crippen LogP contribution in [0.1, 0.15) is 5.56 Å². The Labute approximate surface area is 86.5 Å². The average molecular weight is 260 g/mol. The summed E-state index contributed by atoms with van der Waals surface area (Å²) in [5.41, 5.74) is 6.40. The lowest BCUT2D eigenvalue weighted by Crippen LogP contribution is -1.95. The van der Waals surface area contributed by atoms with Gasteiger partial charge in [0, 0.05) is 12.7 Å². The van der Waals surface area contributed by atoms with E-state index in [1.165, 1.54) is 0 Å². The van der Waals surface area contributed by atoms with Gasteiger partial charge < -0.3 is 5.73 Å². The molecular weight excluding hydrogens is 251 g/mol. The quantitative estimate of drug-likeness (QED) is 0.785. The van der Waals surface area contributed by atoms with Crippen LogP contribution in [-0.4, -0.2) is 4.98 Å². The number of rotatable bonds is 1. The van der Waals surface area contributed by atoms with Crippen molar-refractivity contribution in [2.45, 2.75) is 6.54 Å². The molecule has 0 atom stereocenters. The molecule has 0 bridgehead atoms. The zero-order valence-electron chi connectivity index (χ0n) is 5.66. The molecule has 11 heavy (non-hydrogen) atoms. The number of nitrogens with zero attached hydrogens (tertiary/aromatic N) is 1. The molecule has 5 heteroatoms. The third kappa shape index (κ3) is 4.58. The van der Waals surface area contributed by atoms with Gasteiger partial charge in [-0.2, -0.15) is 0 Å². The number of aromatic nitrogens is 1. The molecule has 2 nitrogen and oxygen atoms in total. The molecule has 0 fully saturated rings. The molecule has 0 aliphatic carbocycles. The summed E-state index contributed by atoms with van der Waals surface area (Å²) in [7, 11) is 0. The SMILES string of the molecule is Cl.Cl.NCc1ccc(Br)nc1. The van der Waals surface area contributed by atoms with Crippen molar-refractivity contribution in [3.05, 3.63) is 28.5 Å². The van der Waals surface area contributed by atoms with Crippen molar-refractivity contribution < 1.29 is 0 Å². The first-order valence-electron chi connectivity index (χ1n) is 2.63. The highest BCUT2D eigenvalue weighted by molar-refractivity contribution is 9.10. The van der Waals surface area contributed by atoms with Gasteiger partial charge in [-0.3, -0.25) is 0 Å². The lowest BCUT2D eigenvalue weighted by Gasteiger charge is -1.92. The second-order valence-corrected chi connectivity index (χ2v) is 2.51. The Morgan fingerprint density at radius 1 is 1.36 bits per heavy atom. The monoisotopic (exact) mass is 258 g/mol. The Balaban J connectivity index is 0. The highest BCUT2D eigenvalue weighted by Crippen LogP contribution is 2.04. The number of pyridine rings is 1. The second-order valence-electron chi connectivity index (χ2n) is 1.69. The van der Waals surface area contributed by atoms with Gasteiger partial charge in [-0.1, -0.05) is 6.07 Å². The summed E-state index contributed by atoms with van der Waals surface area (Å²) in [6, 6.07) is 3.82. The molecule has 0 saturated heterocycles. The number of nitrogens with two attached hydrogens (primary N) is 1. The molecule has 0 aromatic carbocycles. The van der Waals surface area contributed by atoms with Crippen LogP contribution in [0.3, 0.4) is 0 Å². The maximum atomic E-state index is 5.34. The van der Waals surface area contributed by atoms with Crippen molar-refractivity contribution in [3.63, 3.8) is 0 Å². The molecule has 0 spiro atoms. The van der Waals surface area contributed by atoms with Crippen LogP contribution in [0, 0.1) is 0 Å². The van der Waals surface area contributed by atoms with E-state index < -0.39 is 0 Å². The molecule has 0 saturated carbocycles. The van der Waals surface area contributed by atoms with E-state index in [0.29, 0.717) is 6.54 Å². The van der Waals surface area contributed by atoms with Crippen molar-refractivity contribution in [1.82, 2.24) is 4.98 Å². The highest BCUT2D eigenvalue weighted by atomic mass is 79.9. The molecular formula is C6H9BrCl2N2. The number of halogens is 3. The third-order valence-corrected chi connectivity index (χ3v) is 1.49. The van der Waals surface area contributed by atoms with Crippen LogP contribution in [0.15, 0.2) is 22.9 Å². The minimum atomic E-state index is 0. The maximum Gasteiger partial charge on any atom is 0.106 e. The van der Waals surface area contributed by atoms with Gasteiger partial charge in [-0.05, 0) is 27.6 Å². The fourth-order valence-electron chi connectivity index (χ4n) is 0.527. The van der Waals surface area contributed by atoms with Crippen LogP contribution in [0.2, 0.25) is 0 Å². The van der Waals surface area contributed by atoms with E-state index in [4.69, 9.17) is 5.73 Å². The van der Waals surface area contributed by atoms with Crippen LogP contribution in [0.5, 0.6) is 0 Å². The summed E-state index contributed by atoms with van der Waals surface area (Å²) < 4.78 is 0.847. The lowest BCUT2D eigenvalue weighted by molar-refractivity contribution is 1.04. The van der Waals surface area contributed by atoms with E-state index in [2.05, 4.69) is 20.9 Å². The summed E-state index contributed by atoms with van der Waals surface area (Å²) in [5, 5.41) is 0. The normalized spacial score (nSPS) is 7.82. The number of hydrogen-bond donors (Lipinski definition) is 1. The topological polar surface area (TPSA) is 38.9 Å². The summed E-state index contributed by atoms with van der Waals surface area (Å²) >= 11 is 3.22. The Morgan fingerprint density at radius 2 is 2.00 bits per heavy atom. The van der Waals surface area contributed by atoms with Gasteiger partial charge in [-0.15, -0.1) is 24.8 Å². The van der Waals surface area contributed by atoms with Crippen LogP contribution >= 0.6 is 40.7 Å². The van der Waals surface area contributed by atoms with E-state index in [0.717, 1.165) is 10.2 Å². The van der Waals surface area contributed by atoms with Crippen LogP contribution < -0.4 is 5.73 Å². The zero-order chi connectivity index (χ0) is 6.69. The predicted molar refractivity (Wildman–Crippen MR) is 54.3 cm³/mol. The minimum absolute atomic E-state index is 0. The largest absolute Gasteiger partial charge is 0.326 e. The maximum absolute atomic E-state index is 5.34. The highest BCUT2D eigenvalue weighted by Gasteiger charge is 1.87. The standard InChI is InChI=1S/C6H7BrN2.2ClH/c7-6-2-1-5(3-8)4-9-6;;/h1-2,4H,3,8H2;2*1H. The second kappa shape index (κ2) is 6.85. The summed E-state index contributed by atoms with van der Waals surface area (Å²) in [4.78, 5) is 3.99. The van der Waals surface area contributed by atoms with Gasteiger partial charge in [0.2, 0.25) is 0 Å². The van der Waals surface area contributed by atoms with Gasteiger partial charge in [0.05, 0.1) is 0 Å². The van der Waals surface area contributed by atoms with Gasteiger partial charge in [0.1, 0.15) is 4.60 Å². The Bertz CT molecular complexity index is 190. The van der Waals surface area contributed by atoms with Crippen molar-refractivity contribution in [2.75, 3.05) is 0 Å². The third-order valence-electron chi connectivity index (χ3n) is 1.02. The Morgan fingerprint density at radius 3 is 2.36 bits per heavy atom. The van der Waals surface area contributed by atoms with E-state index in [9.17, 15) is 0 Å². The van der Waals surface area contributed by atoms with Gasteiger partial charge in [-0.25, -0.2) is 4.98 Å². The van der Waals surface area contributed by atoms with E-state index >= 15 is 0 Å². The molecule has 0 aliphatic heterocycles. The zero-order valence-corrected chi connectivity index (χ0v) is 8.88. The molecule has 64 valence electrons. The summed E-state index contributed by atoms with van der Waals surface area (Å²) in [6.07, 6.45) is 1.75. The fourth-order valence-corrected chi connectivity index (χ4v) is 0.762. The van der Waals surface area contributed by atoms with Crippen molar-refractivity contribution in [2.24, 2.45) is 5.73 Å². The van der Waals surface area contributed by atoms with E-state index in [-0.39, 0.29) is 24.8 Å². The predicted octanol–water partition coefficient (Wildman–Crippen LogP) is 2.15. The summed E-state index contributed by atoms with van der Waals surface area (Å²) in [6.45, 7) is 0.556. The Hall–Kier alpha value is 0.170. The minimum Gasteiger partial charge on any atom is -0.326 e. The molecule has 0 unspecified atom stereocenters. The smallest absolute Gasteiger partial charge is 0.106 e. The van der Waals surface area contributed by atoms with Gasteiger partial charge >= 0.3 is 0 Å². The Kier molecular flexibility index (Phi) is 8.56. The molecule has 1 heterocycles. The average Bonchev–Trinajstić information content (AvgIpc) is 1.90. The van der Waals surface area contributed by atoms with Gasteiger partial charge in [0.15, 0.2) is 0 Å². The first-order valence-corrected chi connectivity index (χ1v) is 3.42. The molecule has 0 amide bonds. The molecule has 0 aliphatic rings. The van der Waals surface area contributed by atoms with Crippen LogP contribution in [0.4, 0.5) is 0 Å². The lowest BCUT2D eigenvalue weighted by atomic mass is 10.3. The van der Waals surface area contributed by atoms with Crippen LogP contribution in [-0.2, 0) is 6.54 Å².